The van der Waals surface area contributed by atoms with Crippen LogP contribution >= 0.6 is 0 Å². The van der Waals surface area contributed by atoms with Crippen molar-refractivity contribution in [1.29, 1.82) is 0 Å². The maximum absolute atomic E-state index is 11.1. The highest BCUT2D eigenvalue weighted by Crippen LogP contribution is 2.23. The van der Waals surface area contributed by atoms with Crippen LogP contribution in [-0.4, -0.2) is 67.0 Å². The van der Waals surface area contributed by atoms with Crippen LogP contribution < -0.4 is 21.9 Å². The zero-order valence-corrected chi connectivity index (χ0v) is 27.6. The molecule has 0 unspecified atom stereocenters. The maximum atomic E-state index is 11.1. The van der Waals surface area contributed by atoms with Crippen LogP contribution in [0.25, 0.3) is 0 Å². The summed E-state index contributed by atoms with van der Waals surface area (Å²) in [5, 5.41) is 39.5. The molecule has 4 aromatic carbocycles. The fourth-order valence-corrected chi connectivity index (χ4v) is 4.28. The summed E-state index contributed by atoms with van der Waals surface area (Å²) in [6, 6.07) is 27.1. The van der Waals surface area contributed by atoms with Gasteiger partial charge in [-0.25, -0.2) is 0 Å². The summed E-state index contributed by atoms with van der Waals surface area (Å²) < 4.78 is 0.909. The Morgan fingerprint density at radius 1 is 0.739 bits per heavy atom. The molecule has 0 spiro atoms. The van der Waals surface area contributed by atoms with E-state index in [1.807, 2.05) is 36.4 Å². The first kappa shape index (κ1) is 35.3. The summed E-state index contributed by atoms with van der Waals surface area (Å²) in [6.45, 7) is 5.10. The van der Waals surface area contributed by atoms with Gasteiger partial charge in [0.15, 0.2) is 0 Å². The van der Waals surface area contributed by atoms with Gasteiger partial charge in [-0.2, -0.15) is 15.3 Å². The molecule has 0 aliphatic rings. The van der Waals surface area contributed by atoms with Crippen molar-refractivity contribution in [3.63, 3.8) is 0 Å². The second kappa shape index (κ2) is 16.3. The molecule has 4 rings (SSSR count). The van der Waals surface area contributed by atoms with Crippen LogP contribution in [0.15, 0.2) is 117 Å². The van der Waals surface area contributed by atoms with Gasteiger partial charge in [0.25, 0.3) is 11.4 Å². The van der Waals surface area contributed by atoms with Gasteiger partial charge in [0, 0.05) is 47.6 Å². The van der Waals surface area contributed by atoms with Crippen molar-refractivity contribution >= 4 is 40.4 Å². The summed E-state index contributed by atoms with van der Waals surface area (Å²) >= 11 is 0. The number of nitrogens with zero attached hydrogens (tertiary/aromatic N) is 8. The molecule has 0 saturated heterocycles. The van der Waals surface area contributed by atoms with Gasteiger partial charge in [-0.05, 0) is 73.2 Å². The number of quaternary nitrogens is 1. The Balaban J connectivity index is 0.00000576. The molecular weight excluding hydrogens is 652 g/mol. The van der Waals surface area contributed by atoms with E-state index < -0.39 is 9.85 Å². The van der Waals surface area contributed by atoms with E-state index in [4.69, 9.17) is 0 Å². The number of hydrogen-bond acceptors (Lipinski definition) is 9. The van der Waals surface area contributed by atoms with Crippen LogP contribution in [0, 0.1) is 20.2 Å². The van der Waals surface area contributed by atoms with Gasteiger partial charge < -0.3 is 26.4 Å². The van der Waals surface area contributed by atoms with E-state index in [1.165, 1.54) is 24.3 Å². The molecule has 0 radical (unpaired) electrons. The van der Waals surface area contributed by atoms with Crippen LogP contribution in [0.2, 0.25) is 0 Å². The number of rotatable bonds is 13. The van der Waals surface area contributed by atoms with Crippen LogP contribution in [0.4, 0.5) is 28.4 Å². The third kappa shape index (κ3) is 10.2. The van der Waals surface area contributed by atoms with E-state index in [-0.39, 0.29) is 28.4 Å². The number of benzene rings is 4. The normalized spacial score (nSPS) is 11.3. The quantitative estimate of drug-likeness (QED) is 0.0678. The van der Waals surface area contributed by atoms with Crippen LogP contribution in [0.3, 0.4) is 0 Å². The number of non-ortho nitro benzene ring substituents is 2. The minimum Gasteiger partial charge on any atom is -1.00 e. The van der Waals surface area contributed by atoms with Crippen molar-refractivity contribution in [3.05, 3.63) is 134 Å². The predicted octanol–water partition coefficient (Wildman–Crippen LogP) is 4.33. The molecule has 13 heteroatoms. The number of halogens is 1. The van der Waals surface area contributed by atoms with Gasteiger partial charge in [-0.15, -0.1) is 5.10 Å². The fraction of sp³-hybridized carbons (Fsp3) is 0.212. The first-order valence-electron chi connectivity index (χ1n) is 14.3. The number of anilines is 1. The standard InChI is InChI=1S/C33H35N8O4.BrH/c1-5-38(22-23-41(2,3)4)30-20-14-29(15-21-30)36-35-28-12-6-25(7-13-28)24-34-37-33(26-8-16-31(17-9-26)39(42)43)27-10-18-32(19-11-27)40(44)45;/h6-21,24H,5,22-23H2,1-4H3;1H/q+1;/p-1. The minimum atomic E-state index is -0.487. The Morgan fingerprint density at radius 3 is 1.61 bits per heavy atom. The first-order valence-corrected chi connectivity index (χ1v) is 14.3. The van der Waals surface area contributed by atoms with Crippen LogP contribution in [-0.2, 0) is 0 Å². The Labute approximate surface area is 278 Å². The second-order valence-electron chi connectivity index (χ2n) is 11.2. The third-order valence-electron chi connectivity index (χ3n) is 6.88. The van der Waals surface area contributed by atoms with Gasteiger partial charge in [-0.1, -0.05) is 12.1 Å². The lowest BCUT2D eigenvalue weighted by Gasteiger charge is -2.29. The highest BCUT2D eigenvalue weighted by atomic mass is 79.9. The molecule has 0 aliphatic carbocycles. The summed E-state index contributed by atoms with van der Waals surface area (Å²) in [5.74, 6) is 0. The minimum absolute atomic E-state index is 0. The van der Waals surface area contributed by atoms with Crippen molar-refractivity contribution in [1.82, 2.24) is 0 Å². The molecule has 0 heterocycles. The van der Waals surface area contributed by atoms with E-state index in [1.54, 1.807) is 30.5 Å². The molecule has 12 nitrogen and oxygen atoms in total. The third-order valence-corrected chi connectivity index (χ3v) is 6.88. The van der Waals surface area contributed by atoms with Gasteiger partial charge in [0.05, 0.1) is 61.7 Å². The van der Waals surface area contributed by atoms with Crippen LogP contribution in [0.5, 0.6) is 0 Å². The van der Waals surface area contributed by atoms with Crippen molar-refractivity contribution < 1.29 is 31.3 Å². The summed E-state index contributed by atoms with van der Waals surface area (Å²) in [5.41, 5.74) is 4.78. The van der Waals surface area contributed by atoms with Gasteiger partial charge in [0.1, 0.15) is 5.71 Å². The molecule has 0 saturated carbocycles. The average Bonchev–Trinajstić information content (AvgIpc) is 3.03. The monoisotopic (exact) mass is 686 g/mol. The number of azo groups is 1. The van der Waals surface area contributed by atoms with E-state index in [0.717, 1.165) is 41.1 Å². The van der Waals surface area contributed by atoms with Crippen molar-refractivity contribution in [2.45, 2.75) is 6.92 Å². The fourth-order valence-electron chi connectivity index (χ4n) is 4.28. The van der Waals surface area contributed by atoms with Crippen molar-refractivity contribution in [2.24, 2.45) is 20.4 Å². The van der Waals surface area contributed by atoms with E-state index >= 15 is 0 Å². The lowest BCUT2D eigenvalue weighted by Crippen LogP contribution is -3.00. The zero-order valence-electron chi connectivity index (χ0n) is 26.0. The summed E-state index contributed by atoms with van der Waals surface area (Å²) in [6.07, 6.45) is 1.56. The molecule has 46 heavy (non-hydrogen) atoms. The molecule has 0 amide bonds. The molecule has 0 bridgehead atoms. The topological polar surface area (TPSA) is 139 Å². The van der Waals surface area contributed by atoms with Gasteiger partial charge in [0.2, 0.25) is 0 Å². The van der Waals surface area contributed by atoms with Crippen molar-refractivity contribution in [2.75, 3.05) is 45.7 Å². The molecule has 0 atom stereocenters. The SMILES string of the molecule is CCN(CC[N+](C)(C)C)c1ccc(N=Nc2ccc(C=NN=C(c3ccc([N+](=O)[O-])cc3)c3ccc([N+](=O)[O-])cc3)cc2)cc1.[Br-]. The molecule has 0 aromatic heterocycles. The Morgan fingerprint density at radius 2 is 1.20 bits per heavy atom. The maximum Gasteiger partial charge on any atom is 0.269 e. The zero-order chi connectivity index (χ0) is 32.4. The number of hydrogen-bond donors (Lipinski definition) is 0. The highest BCUT2D eigenvalue weighted by Gasteiger charge is 2.13. The Kier molecular flexibility index (Phi) is 12.5. The lowest BCUT2D eigenvalue weighted by atomic mass is 10.0. The molecule has 238 valence electrons. The Bertz CT molecular complexity index is 1640. The summed E-state index contributed by atoms with van der Waals surface area (Å²) in [4.78, 5) is 23.5. The molecule has 0 N–H and O–H groups in total. The highest BCUT2D eigenvalue weighted by molar-refractivity contribution is 6.13. The van der Waals surface area contributed by atoms with E-state index in [9.17, 15) is 20.2 Å². The van der Waals surface area contributed by atoms with E-state index in [0.29, 0.717) is 22.5 Å². The molecule has 0 aliphatic heterocycles. The first-order chi connectivity index (χ1) is 21.5. The van der Waals surface area contributed by atoms with Gasteiger partial charge in [-0.3, -0.25) is 20.2 Å². The lowest BCUT2D eigenvalue weighted by molar-refractivity contribution is -0.868. The largest absolute Gasteiger partial charge is 1.00 e. The number of nitro benzene ring substituents is 2. The number of likely N-dealkylation sites (N-methyl/N-ethyl adjacent to an activating group) is 2. The predicted molar refractivity (Wildman–Crippen MR) is 177 cm³/mol. The van der Waals surface area contributed by atoms with Gasteiger partial charge >= 0.3 is 0 Å². The van der Waals surface area contributed by atoms with Crippen molar-refractivity contribution in [3.8, 4) is 0 Å². The number of nitro groups is 2. The smallest absolute Gasteiger partial charge is 0.269 e. The Hall–Kier alpha value is -5.14. The van der Waals surface area contributed by atoms with E-state index in [2.05, 4.69) is 65.5 Å². The summed E-state index contributed by atoms with van der Waals surface area (Å²) in [7, 11) is 6.57. The molecule has 0 fully saturated rings. The second-order valence-corrected chi connectivity index (χ2v) is 11.2. The molecular formula is C33H35BrN8O4. The molecule has 4 aromatic rings. The van der Waals surface area contributed by atoms with Crippen LogP contribution in [0.1, 0.15) is 23.6 Å². The average molecular weight is 688 g/mol.